The van der Waals surface area contributed by atoms with E-state index in [1.54, 1.807) is 5.16 Å². The van der Waals surface area contributed by atoms with Gasteiger partial charge in [-0.25, -0.2) is 0 Å². The van der Waals surface area contributed by atoms with Gasteiger partial charge in [0.1, 0.15) is 12.2 Å². The highest BCUT2D eigenvalue weighted by Crippen LogP contribution is 2.47. The number of ketones is 4. The van der Waals surface area contributed by atoms with Crippen LogP contribution in [0.15, 0.2) is 4.99 Å². The van der Waals surface area contributed by atoms with Crippen molar-refractivity contribution in [2.45, 2.75) is 62.9 Å². The molecule has 11 heteroatoms. The van der Waals surface area contributed by atoms with Gasteiger partial charge < -0.3 is 25.2 Å². The molecule has 4 N–H and O–H groups in total. The van der Waals surface area contributed by atoms with E-state index in [1.165, 1.54) is 0 Å². The number of Topliss-reactive ketones (excluding diaryl/α,β-unsaturated/α-hetero) is 4. The predicted molar refractivity (Wildman–Crippen MR) is 87.3 cm³/mol. The summed E-state index contributed by atoms with van der Waals surface area (Å²) in [6.07, 6.45) is -6.57. The van der Waals surface area contributed by atoms with E-state index in [0.29, 0.717) is 6.92 Å². The smallest absolute Gasteiger partial charge is 0.209 e. The van der Waals surface area contributed by atoms with Gasteiger partial charge in [0.15, 0.2) is 35.0 Å². The molecule has 0 aliphatic carbocycles. The van der Waals surface area contributed by atoms with Crippen LogP contribution in [-0.2, 0) is 23.9 Å². The lowest BCUT2D eigenvalue weighted by molar-refractivity contribution is -0.325. The van der Waals surface area contributed by atoms with E-state index in [4.69, 9.17) is 4.74 Å². The minimum atomic E-state index is -3.50. The lowest BCUT2D eigenvalue weighted by Gasteiger charge is -2.57. The van der Waals surface area contributed by atoms with Gasteiger partial charge in [0.05, 0.1) is 5.16 Å². The van der Waals surface area contributed by atoms with Gasteiger partial charge in [-0.1, -0.05) is 0 Å². The van der Waals surface area contributed by atoms with Crippen LogP contribution in [-0.4, -0.2) is 84.0 Å². The highest BCUT2D eigenvalue weighted by molar-refractivity contribution is 7.78. The molecule has 0 radical (unpaired) electrons. The van der Waals surface area contributed by atoms with Crippen LogP contribution in [0.3, 0.4) is 0 Å². The fourth-order valence-electron chi connectivity index (χ4n) is 3.12. The first-order valence-corrected chi connectivity index (χ1v) is 7.76. The minimum Gasteiger partial charge on any atom is -0.382 e. The molecule has 1 heterocycles. The zero-order valence-electron chi connectivity index (χ0n) is 14.4. The standard InChI is InChI=1S/C15H19NO9S/c1-6(17)10(21)11-13(22,7(2)18)15(24,9(4)20)14(23,8(3)19)12(25-11)16-5-26/h10-12,21-24H,1-4H3/t10?,11-,12?,13-,14+,15+/m1/s1. The predicted octanol–water partition coefficient (Wildman–Crippen LogP) is -2.28. The topological polar surface area (TPSA) is 171 Å². The summed E-state index contributed by atoms with van der Waals surface area (Å²) in [6, 6.07) is 0. The minimum absolute atomic E-state index is 0.697. The number of nitrogens with zero attached hydrogens (tertiary/aromatic N) is 1. The van der Waals surface area contributed by atoms with Crippen LogP contribution in [0.5, 0.6) is 0 Å². The van der Waals surface area contributed by atoms with Crippen molar-refractivity contribution in [2.24, 2.45) is 4.99 Å². The second kappa shape index (κ2) is 7.12. The Kier molecular flexibility index (Phi) is 6.11. The van der Waals surface area contributed by atoms with E-state index in [0.717, 1.165) is 20.8 Å². The average molecular weight is 389 g/mol. The fourth-order valence-corrected chi connectivity index (χ4v) is 3.21. The number of thiocarbonyl (C=S) groups is 1. The lowest BCUT2D eigenvalue weighted by atomic mass is 9.59. The Bertz CT molecular complexity index is 718. The third-order valence-corrected chi connectivity index (χ3v) is 4.71. The molecular weight excluding hydrogens is 370 g/mol. The number of carbonyl (C=O) groups is 4. The number of rotatable bonds is 6. The van der Waals surface area contributed by atoms with Gasteiger partial charge in [0.25, 0.3) is 0 Å². The molecule has 26 heavy (non-hydrogen) atoms. The van der Waals surface area contributed by atoms with Crippen molar-refractivity contribution in [3.05, 3.63) is 0 Å². The molecule has 1 aliphatic rings. The number of isothiocyanates is 1. The van der Waals surface area contributed by atoms with Gasteiger partial charge in [-0.15, -0.1) is 0 Å². The Morgan fingerprint density at radius 3 is 1.77 bits per heavy atom. The molecule has 6 atom stereocenters. The summed E-state index contributed by atoms with van der Waals surface area (Å²) in [7, 11) is 0. The van der Waals surface area contributed by atoms with Gasteiger partial charge >= 0.3 is 0 Å². The van der Waals surface area contributed by atoms with E-state index in [-0.39, 0.29) is 0 Å². The van der Waals surface area contributed by atoms with Gasteiger partial charge in [0.2, 0.25) is 11.2 Å². The van der Waals surface area contributed by atoms with E-state index >= 15 is 0 Å². The van der Waals surface area contributed by atoms with Crippen LogP contribution >= 0.6 is 12.2 Å². The Morgan fingerprint density at radius 2 is 1.46 bits per heavy atom. The summed E-state index contributed by atoms with van der Waals surface area (Å²) < 4.78 is 5.13. The molecule has 10 nitrogen and oxygen atoms in total. The quantitative estimate of drug-likeness (QED) is 0.287. The average Bonchev–Trinajstić information content (AvgIpc) is 2.53. The summed E-state index contributed by atoms with van der Waals surface area (Å²) in [5.41, 5.74) is -10.1. The highest BCUT2D eigenvalue weighted by Gasteiger charge is 2.79. The van der Waals surface area contributed by atoms with E-state index in [2.05, 4.69) is 17.2 Å². The number of aliphatic imine (C=N–C) groups is 1. The molecule has 144 valence electrons. The summed E-state index contributed by atoms with van der Waals surface area (Å²) in [4.78, 5) is 51.5. The van der Waals surface area contributed by atoms with Crippen LogP contribution < -0.4 is 0 Å². The number of hydrogen-bond acceptors (Lipinski definition) is 11. The molecule has 1 saturated heterocycles. The molecule has 1 fully saturated rings. The second-order valence-corrected chi connectivity index (χ2v) is 6.28. The molecular formula is C15H19NO9S. The summed E-state index contributed by atoms with van der Waals surface area (Å²) in [5, 5.41) is 44.7. The van der Waals surface area contributed by atoms with Crippen molar-refractivity contribution >= 4 is 40.5 Å². The lowest BCUT2D eigenvalue weighted by Crippen LogP contribution is -2.86. The largest absolute Gasteiger partial charge is 0.382 e. The van der Waals surface area contributed by atoms with Crippen LogP contribution in [0.4, 0.5) is 0 Å². The third-order valence-electron chi connectivity index (χ3n) is 4.60. The summed E-state index contributed by atoms with van der Waals surface area (Å²) in [5.74, 6) is -5.02. The monoisotopic (exact) mass is 389 g/mol. The molecule has 0 aromatic rings. The van der Waals surface area contributed by atoms with Crippen molar-refractivity contribution in [2.75, 3.05) is 0 Å². The van der Waals surface area contributed by atoms with E-state index < -0.39 is 58.4 Å². The van der Waals surface area contributed by atoms with Crippen molar-refractivity contribution in [3.8, 4) is 0 Å². The summed E-state index contributed by atoms with van der Waals surface area (Å²) >= 11 is 4.38. The van der Waals surface area contributed by atoms with Crippen molar-refractivity contribution in [1.82, 2.24) is 0 Å². The van der Waals surface area contributed by atoms with Gasteiger partial charge in [-0.05, 0) is 39.9 Å². The van der Waals surface area contributed by atoms with Crippen LogP contribution in [0.2, 0.25) is 0 Å². The second-order valence-electron chi connectivity index (χ2n) is 6.10. The van der Waals surface area contributed by atoms with Crippen molar-refractivity contribution in [3.63, 3.8) is 0 Å². The summed E-state index contributed by atoms with van der Waals surface area (Å²) in [6.45, 7) is 3.07. The number of ether oxygens (including phenoxy) is 1. The van der Waals surface area contributed by atoms with E-state index in [1.807, 2.05) is 0 Å². The SMILES string of the molecule is CC(=O)C(O)[C@H]1OC(N=C=S)[C@@](O)(C(C)=O)[C@](O)(C(C)=O)[C@@]1(O)C(C)=O. The molecule has 0 bridgehead atoms. The van der Waals surface area contributed by atoms with Crippen molar-refractivity contribution < 1.29 is 44.3 Å². The first-order valence-electron chi connectivity index (χ1n) is 7.35. The Hall–Kier alpha value is -1.72. The Labute approximate surface area is 153 Å². The first kappa shape index (κ1) is 22.3. The third kappa shape index (κ3) is 2.69. The van der Waals surface area contributed by atoms with Crippen LogP contribution in [0.25, 0.3) is 0 Å². The molecule has 0 amide bonds. The fraction of sp³-hybridized carbons (Fsp3) is 0.667. The molecule has 0 aromatic carbocycles. The van der Waals surface area contributed by atoms with Gasteiger partial charge in [-0.3, -0.25) is 19.2 Å². The Balaban J connectivity index is 4.00. The molecule has 0 saturated carbocycles. The molecule has 0 aromatic heterocycles. The van der Waals surface area contributed by atoms with Crippen molar-refractivity contribution in [1.29, 1.82) is 0 Å². The zero-order chi connectivity index (χ0) is 20.7. The number of carbonyl (C=O) groups excluding carboxylic acids is 4. The first-order chi connectivity index (χ1) is 11.7. The molecule has 2 unspecified atom stereocenters. The Morgan fingerprint density at radius 1 is 1.00 bits per heavy atom. The highest BCUT2D eigenvalue weighted by atomic mass is 32.1. The van der Waals surface area contributed by atoms with Gasteiger partial charge in [0, 0.05) is 0 Å². The maximum atomic E-state index is 12.3. The zero-order valence-corrected chi connectivity index (χ0v) is 15.2. The molecule has 1 aliphatic heterocycles. The maximum absolute atomic E-state index is 12.3. The number of hydrogen-bond donors (Lipinski definition) is 4. The normalized spacial score (nSPS) is 38.0. The number of aliphatic hydroxyl groups excluding tert-OH is 1. The van der Waals surface area contributed by atoms with E-state index in [9.17, 15) is 39.6 Å². The van der Waals surface area contributed by atoms with Crippen LogP contribution in [0, 0.1) is 0 Å². The molecule has 0 spiro atoms. The van der Waals surface area contributed by atoms with Gasteiger partial charge in [-0.2, -0.15) is 4.99 Å². The van der Waals surface area contributed by atoms with Crippen LogP contribution in [0.1, 0.15) is 27.7 Å². The number of aliphatic hydroxyl groups is 4. The molecule has 1 rings (SSSR count). The maximum Gasteiger partial charge on any atom is 0.209 e.